The minimum absolute atomic E-state index is 0.0614. The van der Waals surface area contributed by atoms with Gasteiger partial charge in [0.1, 0.15) is 5.60 Å². The predicted octanol–water partition coefficient (Wildman–Crippen LogP) is 3.59. The molecule has 1 aromatic heterocycles. The summed E-state index contributed by atoms with van der Waals surface area (Å²) in [6.07, 6.45) is 5.96. The van der Waals surface area contributed by atoms with Crippen LogP contribution >= 0.6 is 0 Å². The van der Waals surface area contributed by atoms with Gasteiger partial charge in [-0.25, -0.2) is 0 Å². The van der Waals surface area contributed by atoms with Crippen LogP contribution in [-0.4, -0.2) is 22.8 Å². The average Bonchev–Trinajstić information content (AvgIpc) is 3.04. The van der Waals surface area contributed by atoms with E-state index < -0.39 is 0 Å². The molecule has 1 aliphatic rings. The molecular formula is C15H23NO3. The van der Waals surface area contributed by atoms with E-state index in [2.05, 4.69) is 4.98 Å². The van der Waals surface area contributed by atoms with Crippen molar-refractivity contribution in [3.05, 3.63) is 12.4 Å². The molecule has 0 aromatic carbocycles. The summed E-state index contributed by atoms with van der Waals surface area (Å²) in [5.74, 6) is 1.98. The molecule has 0 radical (unpaired) electrons. The minimum Gasteiger partial charge on any atom is -0.485 e. The summed E-state index contributed by atoms with van der Waals surface area (Å²) in [6.45, 7) is 9.98. The van der Waals surface area contributed by atoms with Crippen LogP contribution in [0.25, 0.3) is 0 Å². The Kier molecular flexibility index (Phi) is 3.88. The lowest BCUT2D eigenvalue weighted by atomic mass is 10.2. The monoisotopic (exact) mass is 265 g/mol. The Labute approximate surface area is 115 Å². The molecule has 1 heterocycles. The van der Waals surface area contributed by atoms with Crippen LogP contribution in [0.2, 0.25) is 0 Å². The molecule has 0 amide bonds. The number of hydrogen-bond donors (Lipinski definition) is 0. The Morgan fingerprint density at radius 2 is 1.79 bits per heavy atom. The van der Waals surface area contributed by atoms with Crippen LogP contribution in [0.3, 0.4) is 0 Å². The zero-order valence-electron chi connectivity index (χ0n) is 12.4. The number of aromatic nitrogens is 1. The van der Waals surface area contributed by atoms with E-state index in [1.165, 1.54) is 0 Å². The van der Waals surface area contributed by atoms with E-state index in [-0.39, 0.29) is 11.7 Å². The summed E-state index contributed by atoms with van der Waals surface area (Å²) >= 11 is 0. The lowest BCUT2D eigenvalue weighted by Gasteiger charge is -2.24. The van der Waals surface area contributed by atoms with E-state index >= 15 is 0 Å². The third kappa shape index (κ3) is 4.30. The van der Waals surface area contributed by atoms with Crippen LogP contribution in [0.1, 0.15) is 47.5 Å². The smallest absolute Gasteiger partial charge is 0.207 e. The molecule has 0 bridgehead atoms. The lowest BCUT2D eigenvalue weighted by molar-refractivity contribution is 0.116. The van der Waals surface area contributed by atoms with Crippen molar-refractivity contribution >= 4 is 0 Å². The number of ether oxygens (including phenoxy) is 3. The maximum absolute atomic E-state index is 5.91. The molecule has 1 fully saturated rings. The van der Waals surface area contributed by atoms with Crippen molar-refractivity contribution in [2.45, 2.75) is 65.3 Å². The van der Waals surface area contributed by atoms with E-state index in [0.717, 1.165) is 12.8 Å². The van der Waals surface area contributed by atoms with Crippen molar-refractivity contribution in [3.8, 4) is 17.2 Å². The molecule has 1 aromatic rings. The molecular weight excluding hydrogens is 242 g/mol. The van der Waals surface area contributed by atoms with Gasteiger partial charge in [-0.15, -0.1) is 0 Å². The Morgan fingerprint density at radius 1 is 1.16 bits per heavy atom. The van der Waals surface area contributed by atoms with E-state index in [1.807, 2.05) is 34.6 Å². The Balaban J connectivity index is 2.28. The second kappa shape index (κ2) is 5.27. The first-order valence-electron chi connectivity index (χ1n) is 6.85. The van der Waals surface area contributed by atoms with Gasteiger partial charge in [0.25, 0.3) is 0 Å². The first-order chi connectivity index (χ1) is 8.85. The highest BCUT2D eigenvalue weighted by atomic mass is 16.6. The van der Waals surface area contributed by atoms with Crippen LogP contribution in [0.5, 0.6) is 17.2 Å². The van der Waals surface area contributed by atoms with Crippen LogP contribution in [-0.2, 0) is 0 Å². The average molecular weight is 265 g/mol. The van der Waals surface area contributed by atoms with Gasteiger partial charge < -0.3 is 14.2 Å². The first kappa shape index (κ1) is 14.0. The van der Waals surface area contributed by atoms with E-state index in [9.17, 15) is 0 Å². The topological polar surface area (TPSA) is 40.6 Å². The summed E-state index contributed by atoms with van der Waals surface area (Å²) in [4.78, 5) is 4.19. The maximum Gasteiger partial charge on any atom is 0.207 e. The fraction of sp³-hybridized carbons (Fsp3) is 0.667. The molecule has 0 N–H and O–H groups in total. The van der Waals surface area contributed by atoms with Gasteiger partial charge in [0.2, 0.25) is 5.75 Å². The van der Waals surface area contributed by atoms with Gasteiger partial charge in [-0.05, 0) is 47.5 Å². The highest BCUT2D eigenvalue weighted by Crippen LogP contribution is 2.41. The van der Waals surface area contributed by atoms with Crippen molar-refractivity contribution in [2.24, 2.45) is 0 Å². The molecule has 0 aliphatic heterocycles. The van der Waals surface area contributed by atoms with Crippen molar-refractivity contribution in [2.75, 3.05) is 0 Å². The molecule has 19 heavy (non-hydrogen) atoms. The zero-order valence-corrected chi connectivity index (χ0v) is 12.4. The highest BCUT2D eigenvalue weighted by molar-refractivity contribution is 5.49. The van der Waals surface area contributed by atoms with Crippen LogP contribution in [0.4, 0.5) is 0 Å². The fourth-order valence-corrected chi connectivity index (χ4v) is 1.62. The van der Waals surface area contributed by atoms with Crippen LogP contribution in [0.15, 0.2) is 12.4 Å². The Morgan fingerprint density at radius 3 is 2.32 bits per heavy atom. The van der Waals surface area contributed by atoms with Gasteiger partial charge in [0.15, 0.2) is 11.5 Å². The van der Waals surface area contributed by atoms with E-state index in [0.29, 0.717) is 23.4 Å². The summed E-state index contributed by atoms with van der Waals surface area (Å²) in [5, 5.41) is 0. The molecule has 0 saturated heterocycles. The third-order valence-corrected chi connectivity index (χ3v) is 2.42. The summed E-state index contributed by atoms with van der Waals surface area (Å²) < 4.78 is 17.6. The number of hydrogen-bond acceptors (Lipinski definition) is 4. The molecule has 0 atom stereocenters. The molecule has 0 unspecified atom stereocenters. The molecule has 4 heteroatoms. The first-order valence-corrected chi connectivity index (χ1v) is 6.85. The number of nitrogens with zero attached hydrogens (tertiary/aromatic N) is 1. The third-order valence-electron chi connectivity index (χ3n) is 2.42. The van der Waals surface area contributed by atoms with Gasteiger partial charge in [-0.3, -0.25) is 4.98 Å². The molecule has 106 valence electrons. The van der Waals surface area contributed by atoms with Crippen molar-refractivity contribution < 1.29 is 14.2 Å². The molecule has 4 nitrogen and oxygen atoms in total. The summed E-state index contributed by atoms with van der Waals surface area (Å²) in [6, 6.07) is 0. The highest BCUT2D eigenvalue weighted by Gasteiger charge is 2.27. The van der Waals surface area contributed by atoms with Crippen molar-refractivity contribution in [3.63, 3.8) is 0 Å². The van der Waals surface area contributed by atoms with Crippen molar-refractivity contribution in [1.82, 2.24) is 4.98 Å². The van der Waals surface area contributed by atoms with Gasteiger partial charge >= 0.3 is 0 Å². The van der Waals surface area contributed by atoms with Gasteiger partial charge in [0.05, 0.1) is 24.6 Å². The largest absolute Gasteiger partial charge is 0.485 e. The van der Waals surface area contributed by atoms with Crippen LogP contribution < -0.4 is 14.2 Å². The lowest BCUT2D eigenvalue weighted by Crippen LogP contribution is -2.24. The van der Waals surface area contributed by atoms with Gasteiger partial charge in [-0.2, -0.15) is 0 Å². The van der Waals surface area contributed by atoms with E-state index in [4.69, 9.17) is 14.2 Å². The molecule has 1 aliphatic carbocycles. The second-order valence-corrected chi connectivity index (χ2v) is 6.16. The second-order valence-electron chi connectivity index (χ2n) is 6.16. The van der Waals surface area contributed by atoms with Gasteiger partial charge in [0, 0.05) is 0 Å². The van der Waals surface area contributed by atoms with Gasteiger partial charge in [-0.1, -0.05) is 0 Å². The number of rotatable bonds is 5. The summed E-state index contributed by atoms with van der Waals surface area (Å²) in [7, 11) is 0. The van der Waals surface area contributed by atoms with E-state index in [1.54, 1.807) is 12.4 Å². The maximum atomic E-state index is 5.91. The zero-order chi connectivity index (χ0) is 14.0. The molecule has 1 saturated carbocycles. The molecule has 2 rings (SSSR count). The molecule has 0 spiro atoms. The quantitative estimate of drug-likeness (QED) is 0.815. The minimum atomic E-state index is -0.297. The SMILES string of the molecule is CC(C)Oc1c(OC2CC2)cncc1OC(C)(C)C. The fourth-order valence-electron chi connectivity index (χ4n) is 1.62. The Hall–Kier alpha value is -1.45. The van der Waals surface area contributed by atoms with Crippen LogP contribution in [0, 0.1) is 0 Å². The normalized spacial score (nSPS) is 15.5. The predicted molar refractivity (Wildman–Crippen MR) is 74.0 cm³/mol. The van der Waals surface area contributed by atoms with Crippen molar-refractivity contribution in [1.29, 1.82) is 0 Å². The summed E-state index contributed by atoms with van der Waals surface area (Å²) in [5.41, 5.74) is -0.297. The standard InChI is InChI=1S/C15H23NO3/c1-10(2)17-14-12(18-11-6-7-11)8-16-9-13(14)19-15(3,4)5/h8-11H,6-7H2,1-5H3. The Bertz CT molecular complexity index is 434. The number of pyridine rings is 1.